The molecule has 16 heavy (non-hydrogen) atoms. The van der Waals surface area contributed by atoms with Crippen LogP contribution in [0.1, 0.15) is 38.7 Å². The summed E-state index contributed by atoms with van der Waals surface area (Å²) < 4.78 is 13.2. The van der Waals surface area contributed by atoms with Crippen LogP contribution in [0.3, 0.4) is 0 Å². The van der Waals surface area contributed by atoms with Crippen LogP contribution in [0.4, 0.5) is 4.39 Å². The van der Waals surface area contributed by atoms with Gasteiger partial charge in [-0.1, -0.05) is 39.3 Å². The van der Waals surface area contributed by atoms with E-state index in [1.165, 1.54) is 6.07 Å². The van der Waals surface area contributed by atoms with Gasteiger partial charge in [0, 0.05) is 6.54 Å². The van der Waals surface area contributed by atoms with Gasteiger partial charge in [-0.05, 0) is 36.1 Å². The van der Waals surface area contributed by atoms with E-state index >= 15 is 0 Å². The van der Waals surface area contributed by atoms with Crippen molar-refractivity contribution in [2.75, 3.05) is 13.1 Å². The number of hydrogen-bond acceptors (Lipinski definition) is 1. The molecule has 0 saturated heterocycles. The zero-order valence-electron chi connectivity index (χ0n) is 10.5. The number of benzene rings is 1. The van der Waals surface area contributed by atoms with Gasteiger partial charge in [0.15, 0.2) is 0 Å². The van der Waals surface area contributed by atoms with Crippen LogP contribution in [0.25, 0.3) is 0 Å². The number of halogens is 1. The van der Waals surface area contributed by atoms with Gasteiger partial charge in [-0.15, -0.1) is 0 Å². The fourth-order valence-electron chi connectivity index (χ4n) is 1.97. The van der Waals surface area contributed by atoms with Gasteiger partial charge in [-0.25, -0.2) is 4.39 Å². The Bertz CT molecular complexity index is 311. The molecule has 0 aromatic heterocycles. The molecule has 0 spiro atoms. The molecule has 90 valence electrons. The molecule has 0 aliphatic heterocycles. The molecule has 2 heteroatoms. The molecule has 0 aliphatic rings. The van der Waals surface area contributed by atoms with E-state index in [2.05, 4.69) is 26.1 Å². The summed E-state index contributed by atoms with van der Waals surface area (Å²) in [6.07, 6.45) is 1.12. The second-order valence-electron chi connectivity index (χ2n) is 4.35. The first kappa shape index (κ1) is 13.2. The van der Waals surface area contributed by atoms with Gasteiger partial charge in [0.05, 0.1) is 0 Å². The van der Waals surface area contributed by atoms with Crippen molar-refractivity contribution >= 4 is 0 Å². The molecule has 1 rings (SSSR count). The first-order valence-corrected chi connectivity index (χ1v) is 6.15. The Balaban J connectivity index is 2.82. The first-order valence-electron chi connectivity index (χ1n) is 6.15. The summed E-state index contributed by atoms with van der Waals surface area (Å²) in [6.45, 7) is 8.40. The second-order valence-corrected chi connectivity index (χ2v) is 4.35. The zero-order valence-corrected chi connectivity index (χ0v) is 10.5. The normalized spacial score (nSPS) is 14.8. The molecule has 0 aliphatic carbocycles. The Labute approximate surface area is 98.1 Å². The van der Waals surface area contributed by atoms with Crippen molar-refractivity contribution in [3.05, 3.63) is 35.6 Å². The average Bonchev–Trinajstić information content (AvgIpc) is 2.29. The van der Waals surface area contributed by atoms with Crippen molar-refractivity contribution in [2.45, 2.75) is 33.1 Å². The minimum Gasteiger partial charge on any atom is -0.316 e. The van der Waals surface area contributed by atoms with E-state index < -0.39 is 0 Å². The molecular weight excluding hydrogens is 201 g/mol. The molecule has 0 amide bonds. The standard InChI is InChI=1S/C14H22FN/c1-4-11(3)14(10-16-5-2)12-7-6-8-13(15)9-12/h6-9,11,14,16H,4-5,10H2,1-3H3. The number of likely N-dealkylation sites (N-methyl/N-ethyl adjacent to an activating group) is 1. The maximum absolute atomic E-state index is 13.2. The topological polar surface area (TPSA) is 12.0 Å². The summed E-state index contributed by atoms with van der Waals surface area (Å²) >= 11 is 0. The maximum atomic E-state index is 13.2. The van der Waals surface area contributed by atoms with E-state index in [4.69, 9.17) is 0 Å². The van der Waals surface area contributed by atoms with E-state index in [0.717, 1.165) is 25.1 Å². The van der Waals surface area contributed by atoms with Crippen LogP contribution in [0.15, 0.2) is 24.3 Å². The van der Waals surface area contributed by atoms with Gasteiger partial charge >= 0.3 is 0 Å². The lowest BCUT2D eigenvalue weighted by molar-refractivity contribution is 0.423. The second kappa shape index (κ2) is 6.64. The van der Waals surface area contributed by atoms with E-state index in [1.807, 2.05) is 6.07 Å². The summed E-state index contributed by atoms with van der Waals surface area (Å²) in [5, 5.41) is 3.36. The van der Waals surface area contributed by atoms with Gasteiger partial charge < -0.3 is 5.32 Å². The fraction of sp³-hybridized carbons (Fsp3) is 0.571. The largest absolute Gasteiger partial charge is 0.316 e. The summed E-state index contributed by atoms with van der Waals surface area (Å²) in [5.74, 6) is 0.837. The molecule has 0 heterocycles. The van der Waals surface area contributed by atoms with Crippen LogP contribution in [-0.2, 0) is 0 Å². The Morgan fingerprint density at radius 1 is 1.31 bits per heavy atom. The quantitative estimate of drug-likeness (QED) is 0.777. The highest BCUT2D eigenvalue weighted by Crippen LogP contribution is 2.26. The van der Waals surface area contributed by atoms with Crippen LogP contribution >= 0.6 is 0 Å². The SMILES string of the molecule is CCNCC(c1cccc(F)c1)C(C)CC. The Kier molecular flexibility index (Phi) is 5.47. The minimum atomic E-state index is -0.137. The Hall–Kier alpha value is -0.890. The van der Waals surface area contributed by atoms with Gasteiger partial charge in [0.25, 0.3) is 0 Å². The molecular formula is C14H22FN. The van der Waals surface area contributed by atoms with E-state index in [1.54, 1.807) is 12.1 Å². The Morgan fingerprint density at radius 3 is 2.62 bits per heavy atom. The monoisotopic (exact) mass is 223 g/mol. The van der Waals surface area contributed by atoms with Gasteiger partial charge in [-0.3, -0.25) is 0 Å². The molecule has 0 bridgehead atoms. The van der Waals surface area contributed by atoms with E-state index in [0.29, 0.717) is 11.8 Å². The molecule has 0 fully saturated rings. The van der Waals surface area contributed by atoms with Crippen LogP contribution in [0.2, 0.25) is 0 Å². The third-order valence-corrected chi connectivity index (χ3v) is 3.22. The third-order valence-electron chi connectivity index (χ3n) is 3.22. The van der Waals surface area contributed by atoms with Gasteiger partial charge in [-0.2, -0.15) is 0 Å². The number of rotatable bonds is 6. The smallest absolute Gasteiger partial charge is 0.123 e. The molecule has 1 aromatic rings. The zero-order chi connectivity index (χ0) is 12.0. The van der Waals surface area contributed by atoms with Crippen LogP contribution in [-0.4, -0.2) is 13.1 Å². The highest BCUT2D eigenvalue weighted by atomic mass is 19.1. The molecule has 0 radical (unpaired) electrons. The average molecular weight is 223 g/mol. The van der Waals surface area contributed by atoms with Crippen molar-refractivity contribution in [3.8, 4) is 0 Å². The minimum absolute atomic E-state index is 0.137. The molecule has 2 atom stereocenters. The highest BCUT2D eigenvalue weighted by molar-refractivity contribution is 5.21. The lowest BCUT2D eigenvalue weighted by Gasteiger charge is -2.23. The number of hydrogen-bond donors (Lipinski definition) is 1. The van der Waals surface area contributed by atoms with Gasteiger partial charge in [0.2, 0.25) is 0 Å². The van der Waals surface area contributed by atoms with Crippen molar-refractivity contribution < 1.29 is 4.39 Å². The van der Waals surface area contributed by atoms with Crippen LogP contribution < -0.4 is 5.32 Å². The van der Waals surface area contributed by atoms with E-state index in [9.17, 15) is 4.39 Å². The summed E-state index contributed by atoms with van der Waals surface area (Å²) in [4.78, 5) is 0. The first-order chi connectivity index (χ1) is 7.69. The van der Waals surface area contributed by atoms with Gasteiger partial charge in [0.1, 0.15) is 5.82 Å². The summed E-state index contributed by atoms with van der Waals surface area (Å²) in [7, 11) is 0. The molecule has 2 unspecified atom stereocenters. The predicted molar refractivity (Wildman–Crippen MR) is 67.1 cm³/mol. The highest BCUT2D eigenvalue weighted by Gasteiger charge is 2.17. The predicted octanol–water partition coefficient (Wildman–Crippen LogP) is 3.56. The lowest BCUT2D eigenvalue weighted by Crippen LogP contribution is -2.25. The number of nitrogens with one attached hydrogen (secondary N) is 1. The fourth-order valence-corrected chi connectivity index (χ4v) is 1.97. The van der Waals surface area contributed by atoms with Crippen molar-refractivity contribution in [1.82, 2.24) is 5.32 Å². The van der Waals surface area contributed by atoms with E-state index in [-0.39, 0.29) is 5.82 Å². The van der Waals surface area contributed by atoms with Crippen molar-refractivity contribution in [2.24, 2.45) is 5.92 Å². The molecule has 1 aromatic carbocycles. The third kappa shape index (κ3) is 3.60. The van der Waals surface area contributed by atoms with Crippen molar-refractivity contribution in [1.29, 1.82) is 0 Å². The van der Waals surface area contributed by atoms with Crippen molar-refractivity contribution in [3.63, 3.8) is 0 Å². The maximum Gasteiger partial charge on any atom is 0.123 e. The molecule has 0 saturated carbocycles. The molecule has 1 nitrogen and oxygen atoms in total. The summed E-state index contributed by atoms with van der Waals surface area (Å²) in [5.41, 5.74) is 1.11. The van der Waals surface area contributed by atoms with Crippen LogP contribution in [0.5, 0.6) is 0 Å². The lowest BCUT2D eigenvalue weighted by atomic mass is 9.85. The Morgan fingerprint density at radius 2 is 2.06 bits per heavy atom. The molecule has 1 N–H and O–H groups in total. The summed E-state index contributed by atoms with van der Waals surface area (Å²) in [6, 6.07) is 6.99. The van der Waals surface area contributed by atoms with Crippen LogP contribution in [0, 0.1) is 11.7 Å².